The third-order valence-corrected chi connectivity index (χ3v) is 2.92. The van der Waals surface area contributed by atoms with E-state index in [4.69, 9.17) is 11.2 Å². The van der Waals surface area contributed by atoms with Crippen LogP contribution in [0.1, 0.15) is 19.8 Å². The number of aliphatic hydroxyl groups is 1. The Bertz CT molecular complexity index is 272. The van der Waals surface area contributed by atoms with Gasteiger partial charge in [-0.05, 0) is 12.3 Å². The Labute approximate surface area is 96.6 Å². The smallest absolute Gasteiger partial charge is 0.224 e. The fourth-order valence-corrected chi connectivity index (χ4v) is 1.72. The number of terminal acetylenes is 1. The van der Waals surface area contributed by atoms with Crippen LogP contribution in [0.15, 0.2) is 0 Å². The van der Waals surface area contributed by atoms with E-state index in [1.54, 1.807) is 4.90 Å². The average Bonchev–Trinajstić information content (AvgIpc) is 2.28. The van der Waals surface area contributed by atoms with Crippen LogP contribution in [0.2, 0.25) is 0 Å². The summed E-state index contributed by atoms with van der Waals surface area (Å²) in [5.74, 6) is 2.66. The molecule has 1 amide bonds. The molecule has 90 valence electrons. The first-order valence-corrected chi connectivity index (χ1v) is 5.62. The van der Waals surface area contributed by atoms with Gasteiger partial charge in [0.25, 0.3) is 0 Å². The van der Waals surface area contributed by atoms with Crippen LogP contribution in [0.5, 0.6) is 0 Å². The second-order valence-electron chi connectivity index (χ2n) is 4.18. The van der Waals surface area contributed by atoms with Gasteiger partial charge in [-0.3, -0.25) is 4.79 Å². The molecule has 1 rings (SSSR count). The van der Waals surface area contributed by atoms with Gasteiger partial charge >= 0.3 is 0 Å². The lowest BCUT2D eigenvalue weighted by Gasteiger charge is -2.34. The molecule has 1 heterocycles. The first kappa shape index (κ1) is 13.0. The van der Waals surface area contributed by atoms with E-state index >= 15 is 0 Å². The number of carbonyl (C=O) groups excluding carboxylic acids is 1. The van der Waals surface area contributed by atoms with Gasteiger partial charge in [0.2, 0.25) is 5.91 Å². The van der Waals surface area contributed by atoms with E-state index in [2.05, 4.69) is 5.92 Å². The maximum Gasteiger partial charge on any atom is 0.224 e. The molecule has 4 heteroatoms. The highest BCUT2D eigenvalue weighted by Crippen LogP contribution is 2.17. The highest BCUT2D eigenvalue weighted by atomic mass is 16.5. The molecule has 2 unspecified atom stereocenters. The standard InChI is InChI=1S/C12H19NO3/c1-3-7-16-8-5-12(15)13-6-4-10(2)11(14)9-13/h1,10-11,14H,4-9H2,2H3. The number of β-amino-alcohol motifs (C(OH)–C–C–N with tert-alkyl or cyclic N) is 1. The number of nitrogens with zero attached hydrogens (tertiary/aromatic N) is 1. The highest BCUT2D eigenvalue weighted by Gasteiger charge is 2.26. The van der Waals surface area contributed by atoms with Crippen LogP contribution in [-0.4, -0.2) is 48.3 Å². The third kappa shape index (κ3) is 3.84. The molecule has 0 aliphatic carbocycles. The van der Waals surface area contributed by atoms with E-state index in [1.807, 2.05) is 6.92 Å². The quantitative estimate of drug-likeness (QED) is 0.551. The van der Waals surface area contributed by atoms with E-state index in [1.165, 1.54) is 0 Å². The summed E-state index contributed by atoms with van der Waals surface area (Å²) in [6, 6.07) is 0. The van der Waals surface area contributed by atoms with Gasteiger partial charge in [-0.1, -0.05) is 12.8 Å². The van der Waals surface area contributed by atoms with Crippen molar-refractivity contribution < 1.29 is 14.6 Å². The zero-order valence-electron chi connectivity index (χ0n) is 9.69. The van der Waals surface area contributed by atoms with E-state index in [9.17, 15) is 9.90 Å². The second kappa shape index (κ2) is 6.51. The molecule has 0 saturated carbocycles. The van der Waals surface area contributed by atoms with Crippen molar-refractivity contribution in [2.24, 2.45) is 5.92 Å². The lowest BCUT2D eigenvalue weighted by molar-refractivity contribution is -0.136. The van der Waals surface area contributed by atoms with Crippen molar-refractivity contribution in [3.63, 3.8) is 0 Å². The molecule has 2 atom stereocenters. The zero-order valence-corrected chi connectivity index (χ0v) is 9.69. The largest absolute Gasteiger partial charge is 0.391 e. The predicted molar refractivity (Wildman–Crippen MR) is 60.6 cm³/mol. The van der Waals surface area contributed by atoms with Crippen molar-refractivity contribution in [2.45, 2.75) is 25.9 Å². The normalized spacial score (nSPS) is 25.2. The maximum absolute atomic E-state index is 11.7. The third-order valence-electron chi connectivity index (χ3n) is 2.92. The van der Waals surface area contributed by atoms with Gasteiger partial charge in [0.1, 0.15) is 6.61 Å². The van der Waals surface area contributed by atoms with Crippen molar-refractivity contribution in [1.29, 1.82) is 0 Å². The van der Waals surface area contributed by atoms with Crippen LogP contribution in [0.25, 0.3) is 0 Å². The monoisotopic (exact) mass is 225 g/mol. The Hall–Kier alpha value is -1.05. The minimum Gasteiger partial charge on any atom is -0.391 e. The number of likely N-dealkylation sites (tertiary alicyclic amines) is 1. The van der Waals surface area contributed by atoms with Crippen molar-refractivity contribution in [3.8, 4) is 12.3 Å². The Balaban J connectivity index is 2.24. The van der Waals surface area contributed by atoms with Crippen LogP contribution in [0.3, 0.4) is 0 Å². The van der Waals surface area contributed by atoms with Crippen LogP contribution in [-0.2, 0) is 9.53 Å². The van der Waals surface area contributed by atoms with Gasteiger partial charge < -0.3 is 14.7 Å². The summed E-state index contributed by atoms with van der Waals surface area (Å²) in [4.78, 5) is 13.4. The molecule has 4 nitrogen and oxygen atoms in total. The molecule has 1 saturated heterocycles. The number of rotatable bonds is 4. The molecule has 0 aromatic heterocycles. The summed E-state index contributed by atoms with van der Waals surface area (Å²) in [6.07, 6.45) is 5.81. The number of hydrogen-bond acceptors (Lipinski definition) is 3. The molecule has 0 aromatic rings. The number of piperidine rings is 1. The fourth-order valence-electron chi connectivity index (χ4n) is 1.72. The molecular formula is C12H19NO3. The van der Waals surface area contributed by atoms with Crippen molar-refractivity contribution in [2.75, 3.05) is 26.3 Å². The molecule has 0 spiro atoms. The van der Waals surface area contributed by atoms with Gasteiger partial charge in [0.15, 0.2) is 0 Å². The van der Waals surface area contributed by atoms with E-state index in [-0.39, 0.29) is 18.4 Å². The number of carbonyl (C=O) groups is 1. The molecule has 0 aromatic carbocycles. The summed E-state index contributed by atoms with van der Waals surface area (Å²) < 4.78 is 5.05. The van der Waals surface area contributed by atoms with E-state index in [0.29, 0.717) is 19.6 Å². The summed E-state index contributed by atoms with van der Waals surface area (Å²) in [7, 11) is 0. The molecule has 0 radical (unpaired) electrons. The maximum atomic E-state index is 11.7. The minimum absolute atomic E-state index is 0.0305. The molecule has 0 bridgehead atoms. The lowest BCUT2D eigenvalue weighted by Crippen LogP contribution is -2.46. The van der Waals surface area contributed by atoms with Crippen molar-refractivity contribution in [3.05, 3.63) is 0 Å². The molecule has 16 heavy (non-hydrogen) atoms. The summed E-state index contributed by atoms with van der Waals surface area (Å²) in [6.45, 7) is 3.77. The van der Waals surface area contributed by atoms with Crippen LogP contribution in [0.4, 0.5) is 0 Å². The van der Waals surface area contributed by atoms with Gasteiger partial charge in [0.05, 0.1) is 19.1 Å². The Morgan fingerprint density at radius 2 is 2.44 bits per heavy atom. The topological polar surface area (TPSA) is 49.8 Å². The second-order valence-corrected chi connectivity index (χ2v) is 4.18. The Morgan fingerprint density at radius 1 is 1.69 bits per heavy atom. The van der Waals surface area contributed by atoms with Crippen LogP contribution < -0.4 is 0 Å². The van der Waals surface area contributed by atoms with Crippen molar-refractivity contribution >= 4 is 5.91 Å². The molecular weight excluding hydrogens is 206 g/mol. The highest BCUT2D eigenvalue weighted by molar-refractivity contribution is 5.76. The van der Waals surface area contributed by atoms with Gasteiger partial charge in [-0.15, -0.1) is 6.42 Å². The number of aliphatic hydroxyl groups excluding tert-OH is 1. The van der Waals surface area contributed by atoms with Gasteiger partial charge in [-0.2, -0.15) is 0 Å². The average molecular weight is 225 g/mol. The predicted octanol–water partition coefficient (Wildman–Crippen LogP) is 0.256. The van der Waals surface area contributed by atoms with Crippen LogP contribution in [0, 0.1) is 18.3 Å². The summed E-state index contributed by atoms with van der Waals surface area (Å²) in [5.41, 5.74) is 0. The van der Waals surface area contributed by atoms with Gasteiger partial charge in [-0.25, -0.2) is 0 Å². The zero-order chi connectivity index (χ0) is 12.0. The molecule has 1 aliphatic heterocycles. The summed E-state index contributed by atoms with van der Waals surface area (Å²) >= 11 is 0. The SMILES string of the molecule is C#CCOCCC(=O)N1CCC(C)C(O)C1. The summed E-state index contributed by atoms with van der Waals surface area (Å²) in [5, 5.41) is 9.65. The Morgan fingerprint density at radius 3 is 3.06 bits per heavy atom. The van der Waals surface area contributed by atoms with Crippen molar-refractivity contribution in [1.82, 2.24) is 4.90 Å². The fraction of sp³-hybridized carbons (Fsp3) is 0.750. The molecule has 1 fully saturated rings. The van der Waals surface area contributed by atoms with E-state index in [0.717, 1.165) is 13.0 Å². The number of ether oxygens (including phenoxy) is 1. The first-order chi connectivity index (χ1) is 7.65. The van der Waals surface area contributed by atoms with Gasteiger partial charge in [0, 0.05) is 13.1 Å². The minimum atomic E-state index is -0.399. The lowest BCUT2D eigenvalue weighted by atomic mass is 9.96. The van der Waals surface area contributed by atoms with Crippen LogP contribution >= 0.6 is 0 Å². The Kier molecular flexibility index (Phi) is 5.30. The molecule has 1 N–H and O–H groups in total. The number of amides is 1. The molecule has 1 aliphatic rings. The van der Waals surface area contributed by atoms with E-state index < -0.39 is 6.10 Å². The number of hydrogen-bond donors (Lipinski definition) is 1. The first-order valence-electron chi connectivity index (χ1n) is 5.62.